The predicted octanol–water partition coefficient (Wildman–Crippen LogP) is 4.37. The van der Waals surface area contributed by atoms with E-state index in [0.717, 1.165) is 31.5 Å². The van der Waals surface area contributed by atoms with Crippen LogP contribution in [-0.4, -0.2) is 41.2 Å². The number of carbonyl (C=O) groups is 2. The maximum absolute atomic E-state index is 13.0. The van der Waals surface area contributed by atoms with E-state index in [-0.39, 0.29) is 11.8 Å². The number of rotatable bonds is 5. The van der Waals surface area contributed by atoms with Crippen LogP contribution >= 0.6 is 0 Å². The average Bonchev–Trinajstić information content (AvgIpc) is 3.01. The van der Waals surface area contributed by atoms with Gasteiger partial charge in [0.25, 0.3) is 11.8 Å². The molecule has 1 saturated heterocycles. The summed E-state index contributed by atoms with van der Waals surface area (Å²) in [6.07, 6.45) is 4.50. The fraction of sp³-hybridized carbons (Fsp3) is 0.391. The van der Waals surface area contributed by atoms with Crippen molar-refractivity contribution in [1.82, 2.24) is 9.80 Å². The smallest absolute Gasteiger partial charge is 0.254 e. The maximum Gasteiger partial charge on any atom is 0.254 e. The highest BCUT2D eigenvalue weighted by Crippen LogP contribution is 2.16. The van der Waals surface area contributed by atoms with Crippen molar-refractivity contribution >= 4 is 11.8 Å². The molecule has 1 heterocycles. The zero-order chi connectivity index (χ0) is 19.1. The molecule has 0 spiro atoms. The molecule has 0 radical (unpaired) electrons. The lowest BCUT2D eigenvalue weighted by atomic mass is 10.1. The molecule has 0 saturated carbocycles. The average molecular weight is 364 g/mol. The number of nitrogens with zero attached hydrogens (tertiary/aromatic N) is 2. The molecular formula is C23H28N2O2. The van der Waals surface area contributed by atoms with Crippen LogP contribution in [0.2, 0.25) is 0 Å². The van der Waals surface area contributed by atoms with Crippen LogP contribution in [0, 0.1) is 0 Å². The zero-order valence-electron chi connectivity index (χ0n) is 16.1. The van der Waals surface area contributed by atoms with Crippen molar-refractivity contribution in [2.45, 2.75) is 39.2 Å². The molecule has 1 fully saturated rings. The number of hydrogen-bond donors (Lipinski definition) is 0. The van der Waals surface area contributed by atoms with Crippen molar-refractivity contribution in [1.29, 1.82) is 0 Å². The van der Waals surface area contributed by atoms with Crippen molar-refractivity contribution in [2.24, 2.45) is 0 Å². The molecule has 0 bridgehead atoms. The Morgan fingerprint density at radius 1 is 0.889 bits per heavy atom. The van der Waals surface area contributed by atoms with E-state index in [4.69, 9.17) is 0 Å². The van der Waals surface area contributed by atoms with Gasteiger partial charge in [-0.1, -0.05) is 49.2 Å². The first-order valence-corrected chi connectivity index (χ1v) is 9.91. The molecule has 4 heteroatoms. The Bertz CT molecular complexity index is 765. The summed E-state index contributed by atoms with van der Waals surface area (Å²) in [5.74, 6) is 0.00419. The van der Waals surface area contributed by atoms with Gasteiger partial charge in [-0.05, 0) is 43.5 Å². The summed E-state index contributed by atoms with van der Waals surface area (Å²) in [4.78, 5) is 29.6. The normalized spacial score (nSPS) is 14.5. The SMILES string of the molecule is CCN(Cc1ccccc1)C(=O)c1cccc(C(=O)N2CCCCCC2)c1. The van der Waals surface area contributed by atoms with Crippen LogP contribution < -0.4 is 0 Å². The number of likely N-dealkylation sites (tertiary alicyclic amines) is 1. The highest BCUT2D eigenvalue weighted by molar-refractivity contribution is 5.99. The Morgan fingerprint density at radius 2 is 1.56 bits per heavy atom. The summed E-state index contributed by atoms with van der Waals surface area (Å²) < 4.78 is 0. The van der Waals surface area contributed by atoms with Gasteiger partial charge in [0.15, 0.2) is 0 Å². The minimum atomic E-state index is -0.0353. The molecule has 142 valence electrons. The van der Waals surface area contributed by atoms with Gasteiger partial charge in [0, 0.05) is 37.3 Å². The van der Waals surface area contributed by atoms with Gasteiger partial charge in [0.2, 0.25) is 0 Å². The van der Waals surface area contributed by atoms with Crippen LogP contribution in [0.3, 0.4) is 0 Å². The van der Waals surface area contributed by atoms with Crippen LogP contribution in [0.15, 0.2) is 54.6 Å². The van der Waals surface area contributed by atoms with Crippen molar-refractivity contribution in [3.63, 3.8) is 0 Å². The number of benzene rings is 2. The lowest BCUT2D eigenvalue weighted by molar-refractivity contribution is 0.0752. The van der Waals surface area contributed by atoms with Crippen LogP contribution in [0.25, 0.3) is 0 Å². The van der Waals surface area contributed by atoms with Crippen LogP contribution in [0.4, 0.5) is 0 Å². The Hall–Kier alpha value is -2.62. The molecule has 0 aliphatic carbocycles. The van der Waals surface area contributed by atoms with E-state index in [9.17, 15) is 9.59 Å². The number of amides is 2. The molecule has 27 heavy (non-hydrogen) atoms. The van der Waals surface area contributed by atoms with Gasteiger partial charge in [-0.15, -0.1) is 0 Å². The molecule has 0 N–H and O–H groups in total. The van der Waals surface area contributed by atoms with Gasteiger partial charge in [-0.25, -0.2) is 0 Å². The van der Waals surface area contributed by atoms with E-state index in [1.54, 1.807) is 12.1 Å². The molecule has 3 rings (SSSR count). The van der Waals surface area contributed by atoms with Crippen molar-refractivity contribution in [2.75, 3.05) is 19.6 Å². The van der Waals surface area contributed by atoms with Gasteiger partial charge >= 0.3 is 0 Å². The molecule has 0 atom stereocenters. The number of hydrogen-bond acceptors (Lipinski definition) is 2. The van der Waals surface area contributed by atoms with Crippen molar-refractivity contribution in [3.05, 3.63) is 71.3 Å². The Balaban J connectivity index is 1.75. The standard InChI is InChI=1S/C23H28N2O2/c1-2-24(18-19-11-6-5-7-12-19)22(26)20-13-10-14-21(17-20)23(27)25-15-8-3-4-9-16-25/h5-7,10-14,17H,2-4,8-9,15-16,18H2,1H3. The van der Waals surface area contributed by atoms with E-state index in [2.05, 4.69) is 0 Å². The third kappa shape index (κ3) is 4.97. The number of carbonyl (C=O) groups excluding carboxylic acids is 2. The first-order valence-electron chi connectivity index (χ1n) is 9.91. The minimum absolute atomic E-state index is 0.0353. The Morgan fingerprint density at radius 3 is 2.22 bits per heavy atom. The van der Waals surface area contributed by atoms with Gasteiger partial charge in [-0.2, -0.15) is 0 Å². The van der Waals surface area contributed by atoms with Gasteiger partial charge in [0.05, 0.1) is 0 Å². The first-order chi connectivity index (χ1) is 13.2. The first kappa shape index (κ1) is 19.2. The molecule has 0 aromatic heterocycles. The summed E-state index contributed by atoms with van der Waals surface area (Å²) in [5, 5.41) is 0. The van der Waals surface area contributed by atoms with Gasteiger partial charge in [0.1, 0.15) is 0 Å². The molecule has 1 aliphatic heterocycles. The second-order valence-corrected chi connectivity index (χ2v) is 7.09. The summed E-state index contributed by atoms with van der Waals surface area (Å²) in [6.45, 7) is 4.80. The van der Waals surface area contributed by atoms with E-state index in [0.29, 0.717) is 24.2 Å². The lowest BCUT2D eigenvalue weighted by Crippen LogP contribution is -2.33. The minimum Gasteiger partial charge on any atom is -0.339 e. The van der Waals surface area contributed by atoms with Crippen LogP contribution in [-0.2, 0) is 6.54 Å². The fourth-order valence-electron chi connectivity index (χ4n) is 3.56. The van der Waals surface area contributed by atoms with E-state index >= 15 is 0 Å². The third-order valence-corrected chi connectivity index (χ3v) is 5.13. The molecular weight excluding hydrogens is 336 g/mol. The Kier molecular flexibility index (Phi) is 6.64. The van der Waals surface area contributed by atoms with E-state index in [1.165, 1.54) is 12.8 Å². The lowest BCUT2D eigenvalue weighted by Gasteiger charge is -2.23. The summed E-state index contributed by atoms with van der Waals surface area (Å²) >= 11 is 0. The molecule has 2 amide bonds. The third-order valence-electron chi connectivity index (χ3n) is 5.13. The van der Waals surface area contributed by atoms with Crippen molar-refractivity contribution in [3.8, 4) is 0 Å². The van der Waals surface area contributed by atoms with Crippen LogP contribution in [0.1, 0.15) is 58.9 Å². The summed E-state index contributed by atoms with van der Waals surface area (Å²) in [6, 6.07) is 17.2. The largest absolute Gasteiger partial charge is 0.339 e. The highest BCUT2D eigenvalue weighted by atomic mass is 16.2. The van der Waals surface area contributed by atoms with Crippen LogP contribution in [0.5, 0.6) is 0 Å². The van der Waals surface area contributed by atoms with Crippen molar-refractivity contribution < 1.29 is 9.59 Å². The highest BCUT2D eigenvalue weighted by Gasteiger charge is 2.20. The predicted molar refractivity (Wildman–Crippen MR) is 108 cm³/mol. The second kappa shape index (κ2) is 9.36. The van der Waals surface area contributed by atoms with E-state index in [1.807, 2.05) is 59.2 Å². The van der Waals surface area contributed by atoms with Gasteiger partial charge < -0.3 is 9.80 Å². The summed E-state index contributed by atoms with van der Waals surface area (Å²) in [7, 11) is 0. The topological polar surface area (TPSA) is 40.6 Å². The molecule has 4 nitrogen and oxygen atoms in total. The van der Waals surface area contributed by atoms with Gasteiger partial charge in [-0.3, -0.25) is 9.59 Å². The second-order valence-electron chi connectivity index (χ2n) is 7.09. The summed E-state index contributed by atoms with van der Waals surface area (Å²) in [5.41, 5.74) is 2.29. The molecule has 2 aromatic carbocycles. The molecule has 0 unspecified atom stereocenters. The quantitative estimate of drug-likeness (QED) is 0.791. The monoisotopic (exact) mass is 364 g/mol. The van der Waals surface area contributed by atoms with E-state index < -0.39 is 0 Å². The molecule has 1 aliphatic rings. The Labute approximate surface area is 161 Å². The fourth-order valence-corrected chi connectivity index (χ4v) is 3.56. The molecule has 2 aromatic rings. The zero-order valence-corrected chi connectivity index (χ0v) is 16.1. The maximum atomic E-state index is 13.0.